The van der Waals surface area contributed by atoms with Crippen molar-refractivity contribution >= 4 is 0 Å². The van der Waals surface area contributed by atoms with Gasteiger partial charge in [0.2, 0.25) is 0 Å². The van der Waals surface area contributed by atoms with Gasteiger partial charge in [-0.1, -0.05) is 51.3 Å². The lowest BCUT2D eigenvalue weighted by Gasteiger charge is -2.07. The molecular weight excluding hydrogens is 220 g/mol. The molecule has 0 aromatic heterocycles. The van der Waals surface area contributed by atoms with Crippen molar-refractivity contribution in [2.45, 2.75) is 52.4 Å². The topological polar surface area (TPSA) is 20.2 Å². The van der Waals surface area contributed by atoms with Crippen LogP contribution < -0.4 is 0 Å². The molecule has 18 heavy (non-hydrogen) atoms. The first-order valence-electron chi connectivity index (χ1n) is 7.05. The van der Waals surface area contributed by atoms with Gasteiger partial charge in [-0.25, -0.2) is 0 Å². The summed E-state index contributed by atoms with van der Waals surface area (Å²) in [6.07, 6.45) is 8.89. The Morgan fingerprint density at radius 2 is 2.00 bits per heavy atom. The summed E-state index contributed by atoms with van der Waals surface area (Å²) < 4.78 is 0. The Morgan fingerprint density at radius 1 is 1.22 bits per heavy atom. The molecule has 1 aromatic rings. The Hall–Kier alpha value is -1.24. The molecule has 0 bridgehead atoms. The first-order chi connectivity index (χ1) is 8.63. The minimum atomic E-state index is 0.387. The SMILES string of the molecule is C=CCc1cc(CCCCCC(C)C)ccc1O. The lowest BCUT2D eigenvalue weighted by atomic mass is 10.00. The highest BCUT2D eigenvalue weighted by Gasteiger charge is 2.02. The second kappa shape index (κ2) is 7.97. The Morgan fingerprint density at radius 3 is 2.67 bits per heavy atom. The fourth-order valence-electron chi connectivity index (χ4n) is 2.17. The van der Waals surface area contributed by atoms with Gasteiger partial charge >= 0.3 is 0 Å². The molecule has 0 aliphatic heterocycles. The summed E-state index contributed by atoms with van der Waals surface area (Å²) in [5.41, 5.74) is 2.32. The van der Waals surface area contributed by atoms with Crippen molar-refractivity contribution in [3.05, 3.63) is 42.0 Å². The van der Waals surface area contributed by atoms with E-state index in [1.54, 1.807) is 0 Å². The second-order valence-corrected chi connectivity index (χ2v) is 5.45. The van der Waals surface area contributed by atoms with Crippen molar-refractivity contribution in [2.75, 3.05) is 0 Å². The molecule has 0 aliphatic carbocycles. The molecule has 1 aromatic carbocycles. The van der Waals surface area contributed by atoms with Crippen LogP contribution in [0.25, 0.3) is 0 Å². The molecule has 1 rings (SSSR count). The summed E-state index contributed by atoms with van der Waals surface area (Å²) in [6.45, 7) is 8.28. The summed E-state index contributed by atoms with van der Waals surface area (Å²) in [7, 11) is 0. The van der Waals surface area contributed by atoms with E-state index in [1.165, 1.54) is 31.2 Å². The van der Waals surface area contributed by atoms with Crippen molar-refractivity contribution in [2.24, 2.45) is 5.92 Å². The normalized spacial score (nSPS) is 10.8. The number of rotatable bonds is 8. The van der Waals surface area contributed by atoms with Crippen LogP contribution >= 0.6 is 0 Å². The smallest absolute Gasteiger partial charge is 0.119 e. The Labute approximate surface area is 112 Å². The summed E-state index contributed by atoms with van der Waals surface area (Å²) in [4.78, 5) is 0. The van der Waals surface area contributed by atoms with E-state index in [-0.39, 0.29) is 0 Å². The molecule has 1 heteroatoms. The molecule has 0 heterocycles. The minimum absolute atomic E-state index is 0.387. The summed E-state index contributed by atoms with van der Waals surface area (Å²) in [6, 6.07) is 5.95. The maximum atomic E-state index is 9.69. The van der Waals surface area contributed by atoms with Gasteiger partial charge in [-0.15, -0.1) is 6.58 Å². The largest absolute Gasteiger partial charge is 0.508 e. The first kappa shape index (κ1) is 14.8. The molecule has 0 radical (unpaired) electrons. The zero-order valence-corrected chi connectivity index (χ0v) is 11.8. The Balaban J connectivity index is 2.38. The lowest BCUT2D eigenvalue weighted by molar-refractivity contribution is 0.469. The highest BCUT2D eigenvalue weighted by molar-refractivity contribution is 5.37. The molecular formula is C17H26O. The molecule has 0 spiro atoms. The predicted octanol–water partition coefficient (Wildman–Crippen LogP) is 4.88. The number of hydrogen-bond acceptors (Lipinski definition) is 1. The molecule has 0 fully saturated rings. The van der Waals surface area contributed by atoms with Gasteiger partial charge in [-0.05, 0) is 42.4 Å². The van der Waals surface area contributed by atoms with E-state index < -0.39 is 0 Å². The molecule has 0 atom stereocenters. The molecule has 1 N–H and O–H groups in total. The van der Waals surface area contributed by atoms with E-state index in [4.69, 9.17) is 0 Å². The van der Waals surface area contributed by atoms with Crippen molar-refractivity contribution < 1.29 is 5.11 Å². The Bertz CT molecular complexity index is 366. The van der Waals surface area contributed by atoms with Crippen molar-refractivity contribution in [3.63, 3.8) is 0 Å². The second-order valence-electron chi connectivity index (χ2n) is 5.45. The van der Waals surface area contributed by atoms with Gasteiger partial charge in [-0.3, -0.25) is 0 Å². The van der Waals surface area contributed by atoms with E-state index in [9.17, 15) is 5.11 Å². The molecule has 0 aliphatic rings. The van der Waals surface area contributed by atoms with Crippen LogP contribution in [-0.4, -0.2) is 5.11 Å². The monoisotopic (exact) mass is 246 g/mol. The molecule has 1 nitrogen and oxygen atoms in total. The fraction of sp³-hybridized carbons (Fsp3) is 0.529. The zero-order chi connectivity index (χ0) is 13.4. The number of allylic oxidation sites excluding steroid dienone is 1. The van der Waals surface area contributed by atoms with Crippen molar-refractivity contribution in [1.82, 2.24) is 0 Å². The number of aryl methyl sites for hydroxylation is 1. The van der Waals surface area contributed by atoms with E-state index in [0.29, 0.717) is 5.75 Å². The van der Waals surface area contributed by atoms with Gasteiger partial charge in [0, 0.05) is 0 Å². The standard InChI is InChI=1S/C17H26O/c1-4-8-16-13-15(11-12-17(16)18)10-7-5-6-9-14(2)3/h4,11-14,18H,1,5-10H2,2-3H3. The first-order valence-corrected chi connectivity index (χ1v) is 7.05. The van der Waals surface area contributed by atoms with E-state index in [0.717, 1.165) is 24.3 Å². The average molecular weight is 246 g/mol. The number of unbranched alkanes of at least 4 members (excludes halogenated alkanes) is 2. The third-order valence-corrected chi connectivity index (χ3v) is 3.26. The van der Waals surface area contributed by atoms with Crippen LogP contribution in [0.4, 0.5) is 0 Å². The van der Waals surface area contributed by atoms with Crippen LogP contribution in [0.15, 0.2) is 30.9 Å². The van der Waals surface area contributed by atoms with E-state index in [2.05, 4.69) is 26.5 Å². The highest BCUT2D eigenvalue weighted by atomic mass is 16.3. The van der Waals surface area contributed by atoms with Gasteiger partial charge < -0.3 is 5.11 Å². The quantitative estimate of drug-likeness (QED) is 0.512. The van der Waals surface area contributed by atoms with Crippen LogP contribution in [0, 0.1) is 5.92 Å². The third kappa shape index (κ3) is 5.39. The van der Waals surface area contributed by atoms with Gasteiger partial charge in [0.25, 0.3) is 0 Å². The molecule has 0 saturated heterocycles. The van der Waals surface area contributed by atoms with Crippen molar-refractivity contribution in [3.8, 4) is 5.75 Å². The van der Waals surface area contributed by atoms with Crippen LogP contribution in [0.5, 0.6) is 5.75 Å². The van der Waals surface area contributed by atoms with Crippen molar-refractivity contribution in [1.29, 1.82) is 0 Å². The average Bonchev–Trinajstić information content (AvgIpc) is 2.32. The number of benzene rings is 1. The van der Waals surface area contributed by atoms with Crippen LogP contribution in [0.3, 0.4) is 0 Å². The van der Waals surface area contributed by atoms with Gasteiger partial charge in [0.05, 0.1) is 0 Å². The van der Waals surface area contributed by atoms with Crippen LogP contribution in [0.2, 0.25) is 0 Å². The fourth-order valence-corrected chi connectivity index (χ4v) is 2.17. The summed E-state index contributed by atoms with van der Waals surface area (Å²) >= 11 is 0. The number of aromatic hydroxyl groups is 1. The predicted molar refractivity (Wildman–Crippen MR) is 79.0 cm³/mol. The molecule has 0 amide bonds. The molecule has 0 unspecified atom stereocenters. The van der Waals surface area contributed by atoms with E-state index >= 15 is 0 Å². The van der Waals surface area contributed by atoms with Gasteiger partial charge in [0.1, 0.15) is 5.75 Å². The van der Waals surface area contributed by atoms with Gasteiger partial charge in [-0.2, -0.15) is 0 Å². The Kier molecular flexibility index (Phi) is 6.56. The lowest BCUT2D eigenvalue weighted by Crippen LogP contribution is -1.91. The number of phenols is 1. The van der Waals surface area contributed by atoms with E-state index in [1.807, 2.05) is 18.2 Å². The summed E-state index contributed by atoms with van der Waals surface area (Å²) in [5.74, 6) is 1.20. The number of hydrogen-bond donors (Lipinski definition) is 1. The van der Waals surface area contributed by atoms with Crippen LogP contribution in [-0.2, 0) is 12.8 Å². The third-order valence-electron chi connectivity index (χ3n) is 3.26. The highest BCUT2D eigenvalue weighted by Crippen LogP contribution is 2.21. The molecule has 0 saturated carbocycles. The number of phenolic OH excluding ortho intramolecular Hbond substituents is 1. The summed E-state index contributed by atoms with van der Waals surface area (Å²) in [5, 5.41) is 9.69. The maximum absolute atomic E-state index is 9.69. The minimum Gasteiger partial charge on any atom is -0.508 e. The van der Waals surface area contributed by atoms with Crippen LogP contribution in [0.1, 0.15) is 50.7 Å². The van der Waals surface area contributed by atoms with Gasteiger partial charge in [0.15, 0.2) is 0 Å². The zero-order valence-electron chi connectivity index (χ0n) is 11.8. The molecule has 100 valence electrons. The maximum Gasteiger partial charge on any atom is 0.119 e.